The number of nitrogens with zero attached hydrogens (tertiary/aromatic N) is 4. The van der Waals surface area contributed by atoms with Crippen LogP contribution in [-0.2, 0) is 20.1 Å². The Kier molecular flexibility index (Phi) is 8.62. The Bertz CT molecular complexity index is 2070. The number of benzene rings is 4. The van der Waals surface area contributed by atoms with Crippen LogP contribution < -0.4 is 0 Å². The van der Waals surface area contributed by atoms with Gasteiger partial charge in [-0.1, -0.05) is 65.8 Å². The van der Waals surface area contributed by atoms with Crippen LogP contribution in [0.5, 0.6) is 0 Å². The van der Waals surface area contributed by atoms with E-state index >= 15 is 0 Å². The van der Waals surface area contributed by atoms with Gasteiger partial charge in [0.05, 0.1) is 12.4 Å². The van der Waals surface area contributed by atoms with Crippen molar-refractivity contribution in [3.63, 3.8) is 0 Å². The van der Waals surface area contributed by atoms with Gasteiger partial charge in [0, 0.05) is 48.3 Å². The van der Waals surface area contributed by atoms with Crippen LogP contribution in [0.2, 0.25) is 0 Å². The third-order valence-corrected chi connectivity index (χ3v) is 8.13. The van der Waals surface area contributed by atoms with Gasteiger partial charge in [-0.3, -0.25) is 9.83 Å². The molecular weight excluding hydrogens is 721 g/mol. The van der Waals surface area contributed by atoms with Crippen molar-refractivity contribution in [2.75, 3.05) is 0 Å². The third-order valence-electron chi connectivity index (χ3n) is 8.13. The quantitative estimate of drug-likeness (QED) is 0.159. The molecule has 0 atom stereocenters. The van der Waals surface area contributed by atoms with Gasteiger partial charge in [-0.2, -0.15) is 11.3 Å². The first-order valence-electron chi connectivity index (χ1n) is 14.7. The first-order valence-corrected chi connectivity index (χ1v) is 14.7. The first-order chi connectivity index (χ1) is 20.7. The van der Waals surface area contributed by atoms with Crippen LogP contribution >= 0.6 is 0 Å². The van der Waals surface area contributed by atoms with E-state index in [-0.39, 0.29) is 31.9 Å². The zero-order valence-electron chi connectivity index (χ0n) is 25.7. The van der Waals surface area contributed by atoms with Crippen LogP contribution in [-0.4, -0.2) is 9.55 Å². The number of hydrogen-bond donors (Lipinski definition) is 0. The minimum Gasteiger partial charge on any atom is -0.455 e. The molecule has 6 aromatic rings. The van der Waals surface area contributed by atoms with Gasteiger partial charge >= 0.3 is 0 Å². The molecular formula is C38H33IrN4O-. The van der Waals surface area contributed by atoms with E-state index in [0.717, 1.165) is 49.9 Å². The molecule has 0 fully saturated rings. The minimum atomic E-state index is 0. The van der Waals surface area contributed by atoms with Gasteiger partial charge in [0.1, 0.15) is 28.6 Å². The zero-order valence-corrected chi connectivity index (χ0v) is 28.1. The number of para-hydroxylation sites is 1. The van der Waals surface area contributed by atoms with Crippen LogP contribution in [0.1, 0.15) is 81.7 Å². The number of fused-ring (bicyclic) bond motifs is 3. The molecule has 0 N–H and O–H groups in total. The fourth-order valence-corrected chi connectivity index (χ4v) is 5.84. The van der Waals surface area contributed by atoms with E-state index < -0.39 is 0 Å². The van der Waals surface area contributed by atoms with E-state index in [0.29, 0.717) is 28.7 Å². The molecule has 2 aromatic heterocycles. The number of furan rings is 1. The van der Waals surface area contributed by atoms with Crippen molar-refractivity contribution >= 4 is 27.6 Å². The monoisotopic (exact) mass is 754 g/mol. The summed E-state index contributed by atoms with van der Waals surface area (Å²) in [5.74, 6) is 1.38. The molecule has 0 spiro atoms. The summed E-state index contributed by atoms with van der Waals surface area (Å²) in [6, 6.07) is 28.1. The van der Waals surface area contributed by atoms with E-state index in [1.807, 2.05) is 4.57 Å². The Labute approximate surface area is 272 Å². The summed E-state index contributed by atoms with van der Waals surface area (Å²) >= 11 is 0. The van der Waals surface area contributed by atoms with Crippen LogP contribution in [0.3, 0.4) is 0 Å². The van der Waals surface area contributed by atoms with Crippen molar-refractivity contribution in [2.45, 2.75) is 59.3 Å². The third kappa shape index (κ3) is 5.37. The second kappa shape index (κ2) is 12.3. The van der Waals surface area contributed by atoms with E-state index in [1.165, 1.54) is 5.56 Å². The molecule has 0 aliphatic rings. The SMILES string of the molecule is [C-]#[N+]c1cc[c-]c(-c2nc(C#N)cn2-c2c(C(C)C)cc(-c3cccc4c3oc3ccc(C(C)C)cc34)cc2C(C)C)c1.[Ir]. The predicted molar refractivity (Wildman–Crippen MR) is 174 cm³/mol. The standard InChI is InChI=1S/C38H33N4O.Ir/c1-22(2)25-14-15-35-34(17-25)31-13-9-12-30(37(31)43-35)27-18-32(23(3)4)36(33(19-27)24(5)6)42-21-29(20-39)41-38(42)26-10-8-11-28(16-26)40-7;/h8-9,11-19,21-24H,1-6H3;/q-1;. The molecule has 221 valence electrons. The van der Waals surface area contributed by atoms with E-state index in [4.69, 9.17) is 11.0 Å². The van der Waals surface area contributed by atoms with Gasteiger partial charge in [0.2, 0.25) is 0 Å². The van der Waals surface area contributed by atoms with Gasteiger partial charge in [0.15, 0.2) is 0 Å². The molecule has 5 nitrogen and oxygen atoms in total. The largest absolute Gasteiger partial charge is 0.455 e. The Morgan fingerprint density at radius 3 is 2.27 bits per heavy atom. The molecule has 6 heteroatoms. The molecule has 0 unspecified atom stereocenters. The van der Waals surface area contributed by atoms with Gasteiger partial charge in [-0.05, 0) is 64.3 Å². The van der Waals surface area contributed by atoms with Crippen molar-refractivity contribution in [3.05, 3.63) is 113 Å². The van der Waals surface area contributed by atoms with Crippen molar-refractivity contribution in [3.8, 4) is 34.3 Å². The van der Waals surface area contributed by atoms with Gasteiger partial charge in [-0.15, -0.1) is 23.8 Å². The number of aromatic nitrogens is 2. The number of imidazole rings is 1. The Hall–Kier alpha value is -4.48. The van der Waals surface area contributed by atoms with E-state index in [2.05, 4.69) is 112 Å². The van der Waals surface area contributed by atoms with Crippen LogP contribution in [0.15, 0.2) is 77.3 Å². The van der Waals surface area contributed by atoms with Crippen LogP contribution in [0.25, 0.3) is 55.0 Å². The molecule has 44 heavy (non-hydrogen) atoms. The average Bonchev–Trinajstić information content (AvgIpc) is 3.61. The van der Waals surface area contributed by atoms with Gasteiger partial charge in [0.25, 0.3) is 0 Å². The smallest absolute Gasteiger partial charge is 0.148 e. The molecule has 6 rings (SSSR count). The zero-order chi connectivity index (χ0) is 30.4. The molecule has 0 aliphatic carbocycles. The molecule has 2 heterocycles. The minimum absolute atomic E-state index is 0. The van der Waals surface area contributed by atoms with E-state index in [1.54, 1.807) is 24.4 Å². The molecule has 4 aromatic carbocycles. The van der Waals surface area contributed by atoms with Crippen molar-refractivity contribution < 1.29 is 24.5 Å². The summed E-state index contributed by atoms with van der Waals surface area (Å²) in [6.07, 6.45) is 1.80. The van der Waals surface area contributed by atoms with Gasteiger partial charge < -0.3 is 8.98 Å². The summed E-state index contributed by atoms with van der Waals surface area (Å²) in [5, 5.41) is 12.1. The Balaban J connectivity index is 0.00000384. The molecule has 0 saturated heterocycles. The number of hydrogen-bond acceptors (Lipinski definition) is 3. The maximum Gasteiger partial charge on any atom is 0.148 e. The topological polar surface area (TPSA) is 59.1 Å². The van der Waals surface area contributed by atoms with Crippen LogP contribution in [0.4, 0.5) is 5.69 Å². The molecule has 0 saturated carbocycles. The van der Waals surface area contributed by atoms with Crippen LogP contribution in [0, 0.1) is 24.0 Å². The number of nitriles is 1. The normalized spacial score (nSPS) is 11.3. The summed E-state index contributed by atoms with van der Waals surface area (Å²) in [5.41, 5.74) is 10.0. The van der Waals surface area contributed by atoms with Crippen molar-refractivity contribution in [2.24, 2.45) is 0 Å². The Morgan fingerprint density at radius 1 is 0.909 bits per heavy atom. The first kappa shape index (κ1) is 31.0. The summed E-state index contributed by atoms with van der Waals surface area (Å²) in [7, 11) is 0. The predicted octanol–water partition coefficient (Wildman–Crippen LogP) is 10.7. The molecule has 0 amide bonds. The second-order valence-corrected chi connectivity index (χ2v) is 12.0. The number of rotatable bonds is 6. The molecule has 0 aliphatic heterocycles. The summed E-state index contributed by atoms with van der Waals surface area (Å²) < 4.78 is 8.54. The maximum absolute atomic E-state index is 9.83. The van der Waals surface area contributed by atoms with Gasteiger partial charge in [-0.25, -0.2) is 0 Å². The fourth-order valence-electron chi connectivity index (χ4n) is 5.84. The van der Waals surface area contributed by atoms with E-state index in [9.17, 15) is 5.26 Å². The second-order valence-electron chi connectivity index (χ2n) is 12.0. The molecule has 0 bridgehead atoms. The van der Waals surface area contributed by atoms with Crippen molar-refractivity contribution in [1.82, 2.24) is 9.55 Å². The summed E-state index contributed by atoms with van der Waals surface area (Å²) in [6.45, 7) is 20.7. The average molecular weight is 754 g/mol. The van der Waals surface area contributed by atoms with Crippen molar-refractivity contribution in [1.29, 1.82) is 5.26 Å². The fraction of sp³-hybridized carbons (Fsp3) is 0.237. The molecule has 1 radical (unpaired) electrons. The Morgan fingerprint density at radius 2 is 1.64 bits per heavy atom. The summed E-state index contributed by atoms with van der Waals surface area (Å²) in [4.78, 5) is 8.27. The maximum atomic E-state index is 9.83.